The van der Waals surface area contributed by atoms with Gasteiger partial charge in [-0.15, -0.1) is 0 Å². The molecule has 2 aromatic rings. The predicted octanol–water partition coefficient (Wildman–Crippen LogP) is 1.32. The molecule has 106 valence electrons. The van der Waals surface area contributed by atoms with Crippen LogP contribution in [-0.2, 0) is 0 Å². The molecule has 2 aliphatic rings. The number of imidazole rings is 1. The highest BCUT2D eigenvalue weighted by atomic mass is 15.2. The number of hydrogen-bond acceptors (Lipinski definition) is 5. The van der Waals surface area contributed by atoms with Gasteiger partial charge in [-0.3, -0.25) is 0 Å². The second-order valence-corrected chi connectivity index (χ2v) is 5.91. The van der Waals surface area contributed by atoms with Crippen LogP contribution in [0.15, 0.2) is 12.7 Å². The standard InChI is InChI=1S/C14H20N6/c1-2-10(1)7-15-11-3-5-20(6-4-11)14-12-13(17-8-16-12)18-9-19-14/h8-11,15H,1-7H2,(H,16,17,18,19). The van der Waals surface area contributed by atoms with E-state index in [0.717, 1.165) is 36.0 Å². The third kappa shape index (κ3) is 2.35. The van der Waals surface area contributed by atoms with E-state index in [-0.39, 0.29) is 0 Å². The summed E-state index contributed by atoms with van der Waals surface area (Å²) in [4.78, 5) is 18.3. The number of H-pyrrole nitrogens is 1. The van der Waals surface area contributed by atoms with Crippen molar-refractivity contribution in [2.24, 2.45) is 5.92 Å². The number of nitrogens with zero attached hydrogens (tertiary/aromatic N) is 4. The summed E-state index contributed by atoms with van der Waals surface area (Å²) in [5, 5.41) is 3.71. The third-order valence-corrected chi connectivity index (χ3v) is 4.39. The Kier molecular flexibility index (Phi) is 3.03. The zero-order chi connectivity index (χ0) is 13.4. The van der Waals surface area contributed by atoms with Gasteiger partial charge in [0.25, 0.3) is 0 Å². The summed E-state index contributed by atoms with van der Waals surface area (Å²) < 4.78 is 0. The maximum Gasteiger partial charge on any atom is 0.182 e. The van der Waals surface area contributed by atoms with Crippen LogP contribution >= 0.6 is 0 Å². The van der Waals surface area contributed by atoms with Crippen molar-refractivity contribution in [3.05, 3.63) is 12.7 Å². The Morgan fingerprint density at radius 1 is 1.15 bits per heavy atom. The molecule has 0 aromatic carbocycles. The smallest absolute Gasteiger partial charge is 0.182 e. The highest BCUT2D eigenvalue weighted by Crippen LogP contribution is 2.28. The highest BCUT2D eigenvalue weighted by Gasteiger charge is 2.25. The zero-order valence-corrected chi connectivity index (χ0v) is 11.5. The van der Waals surface area contributed by atoms with E-state index in [2.05, 4.69) is 30.2 Å². The van der Waals surface area contributed by atoms with E-state index < -0.39 is 0 Å². The molecule has 3 heterocycles. The first-order valence-electron chi connectivity index (χ1n) is 7.52. The Bertz CT molecular complexity index is 582. The van der Waals surface area contributed by atoms with Gasteiger partial charge in [0.2, 0.25) is 0 Å². The molecule has 0 radical (unpaired) electrons. The van der Waals surface area contributed by atoms with E-state index in [1.807, 2.05) is 0 Å². The first-order valence-corrected chi connectivity index (χ1v) is 7.52. The maximum absolute atomic E-state index is 4.44. The monoisotopic (exact) mass is 272 g/mol. The summed E-state index contributed by atoms with van der Waals surface area (Å²) in [5.74, 6) is 1.95. The lowest BCUT2D eigenvalue weighted by Crippen LogP contribution is -2.43. The quantitative estimate of drug-likeness (QED) is 0.878. The Balaban J connectivity index is 1.41. The van der Waals surface area contributed by atoms with Crippen molar-refractivity contribution in [3.63, 3.8) is 0 Å². The van der Waals surface area contributed by atoms with E-state index in [1.54, 1.807) is 12.7 Å². The Morgan fingerprint density at radius 2 is 2.00 bits per heavy atom. The first-order chi connectivity index (χ1) is 9.90. The second-order valence-electron chi connectivity index (χ2n) is 5.91. The molecule has 0 bridgehead atoms. The van der Waals surface area contributed by atoms with E-state index in [1.165, 1.54) is 32.2 Å². The minimum atomic E-state index is 0.672. The van der Waals surface area contributed by atoms with Gasteiger partial charge in [0, 0.05) is 19.1 Å². The minimum Gasteiger partial charge on any atom is -0.355 e. The highest BCUT2D eigenvalue weighted by molar-refractivity contribution is 5.82. The number of aromatic amines is 1. The lowest BCUT2D eigenvalue weighted by molar-refractivity contribution is 0.408. The van der Waals surface area contributed by atoms with Gasteiger partial charge >= 0.3 is 0 Å². The lowest BCUT2D eigenvalue weighted by Gasteiger charge is -2.33. The van der Waals surface area contributed by atoms with Gasteiger partial charge in [0.15, 0.2) is 11.5 Å². The summed E-state index contributed by atoms with van der Waals surface area (Å²) >= 11 is 0. The summed E-state index contributed by atoms with van der Waals surface area (Å²) in [6.07, 6.45) is 8.51. The molecular formula is C14H20N6. The molecule has 6 nitrogen and oxygen atoms in total. The van der Waals surface area contributed by atoms with Crippen molar-refractivity contribution in [2.75, 3.05) is 24.5 Å². The molecule has 4 rings (SSSR count). The molecule has 1 saturated heterocycles. The molecule has 1 aliphatic carbocycles. The van der Waals surface area contributed by atoms with Crippen molar-refractivity contribution in [3.8, 4) is 0 Å². The van der Waals surface area contributed by atoms with E-state index in [0.29, 0.717) is 6.04 Å². The number of nitrogens with one attached hydrogen (secondary N) is 2. The first kappa shape index (κ1) is 12.1. The number of anilines is 1. The van der Waals surface area contributed by atoms with Crippen LogP contribution in [0.25, 0.3) is 11.2 Å². The molecule has 0 unspecified atom stereocenters. The topological polar surface area (TPSA) is 69.7 Å². The minimum absolute atomic E-state index is 0.672. The van der Waals surface area contributed by atoms with Gasteiger partial charge < -0.3 is 15.2 Å². The van der Waals surface area contributed by atoms with Crippen molar-refractivity contribution in [2.45, 2.75) is 31.7 Å². The fourth-order valence-corrected chi connectivity index (χ4v) is 2.94. The molecule has 0 amide bonds. The maximum atomic E-state index is 4.44. The predicted molar refractivity (Wildman–Crippen MR) is 77.6 cm³/mol. The summed E-state index contributed by atoms with van der Waals surface area (Å²) in [6.45, 7) is 3.31. The summed E-state index contributed by atoms with van der Waals surface area (Å²) in [6, 6.07) is 0.672. The van der Waals surface area contributed by atoms with Crippen molar-refractivity contribution < 1.29 is 0 Å². The largest absolute Gasteiger partial charge is 0.355 e. The molecule has 1 saturated carbocycles. The average molecular weight is 272 g/mol. The van der Waals surface area contributed by atoms with E-state index in [9.17, 15) is 0 Å². The number of fused-ring (bicyclic) bond motifs is 1. The fourth-order valence-electron chi connectivity index (χ4n) is 2.94. The normalized spacial score (nSPS) is 20.7. The number of rotatable bonds is 4. The van der Waals surface area contributed by atoms with Gasteiger partial charge in [-0.05, 0) is 38.1 Å². The van der Waals surface area contributed by atoms with Crippen molar-refractivity contribution in [1.29, 1.82) is 0 Å². The molecule has 2 fully saturated rings. The molecule has 1 aliphatic heterocycles. The summed E-state index contributed by atoms with van der Waals surface area (Å²) in [5.41, 5.74) is 1.71. The van der Waals surface area contributed by atoms with Crippen LogP contribution in [0.3, 0.4) is 0 Å². The number of hydrogen-bond donors (Lipinski definition) is 2. The average Bonchev–Trinajstić information content (AvgIpc) is 3.20. The third-order valence-electron chi connectivity index (χ3n) is 4.39. The molecule has 2 aromatic heterocycles. The van der Waals surface area contributed by atoms with Crippen LogP contribution in [0.1, 0.15) is 25.7 Å². The van der Waals surface area contributed by atoms with Gasteiger partial charge in [-0.1, -0.05) is 0 Å². The van der Waals surface area contributed by atoms with Gasteiger partial charge in [-0.25, -0.2) is 15.0 Å². The number of piperidine rings is 1. The molecule has 2 N–H and O–H groups in total. The van der Waals surface area contributed by atoms with E-state index >= 15 is 0 Å². The van der Waals surface area contributed by atoms with Crippen LogP contribution in [0.4, 0.5) is 5.82 Å². The van der Waals surface area contributed by atoms with E-state index in [4.69, 9.17) is 0 Å². The molecule has 0 spiro atoms. The fraction of sp³-hybridized carbons (Fsp3) is 0.643. The van der Waals surface area contributed by atoms with Gasteiger partial charge in [0.05, 0.1) is 6.33 Å². The Labute approximate surface area is 118 Å². The van der Waals surface area contributed by atoms with Gasteiger partial charge in [0.1, 0.15) is 11.8 Å². The van der Waals surface area contributed by atoms with Gasteiger partial charge in [-0.2, -0.15) is 0 Å². The molecule has 6 heteroatoms. The lowest BCUT2D eigenvalue weighted by atomic mass is 10.0. The SMILES string of the molecule is c1nc(N2CCC(NCC3CC3)CC2)c2[nH]cnc2n1. The molecular weight excluding hydrogens is 252 g/mol. The van der Waals surface area contributed by atoms with Crippen LogP contribution in [0, 0.1) is 5.92 Å². The number of aromatic nitrogens is 4. The zero-order valence-electron chi connectivity index (χ0n) is 11.5. The van der Waals surface area contributed by atoms with Crippen LogP contribution in [0.2, 0.25) is 0 Å². The molecule has 0 atom stereocenters. The summed E-state index contributed by atoms with van der Waals surface area (Å²) in [7, 11) is 0. The van der Waals surface area contributed by atoms with Crippen LogP contribution in [-0.4, -0.2) is 45.6 Å². The van der Waals surface area contributed by atoms with Crippen molar-refractivity contribution in [1.82, 2.24) is 25.3 Å². The Hall–Kier alpha value is -1.69. The van der Waals surface area contributed by atoms with Crippen LogP contribution < -0.4 is 10.2 Å². The second kappa shape index (κ2) is 5.01. The van der Waals surface area contributed by atoms with Crippen LogP contribution in [0.5, 0.6) is 0 Å². The Morgan fingerprint density at radius 3 is 2.80 bits per heavy atom. The molecule has 20 heavy (non-hydrogen) atoms. The van der Waals surface area contributed by atoms with Crippen molar-refractivity contribution >= 4 is 17.0 Å².